The number of para-hydroxylation sites is 1. The van der Waals surface area contributed by atoms with Crippen LogP contribution in [0.5, 0.6) is 0 Å². The molecule has 3 aromatic rings. The number of nitrogens with one attached hydrogen (secondary N) is 2. The Hall–Kier alpha value is -2.22. The highest BCUT2D eigenvalue weighted by Gasteiger charge is 2.26. The maximum Gasteiger partial charge on any atom is 0.258 e. The zero-order chi connectivity index (χ0) is 17.2. The smallest absolute Gasteiger partial charge is 0.258 e. The quantitative estimate of drug-likeness (QED) is 0.719. The Balaban J connectivity index is 0.00000196. The molecule has 1 aliphatic rings. The van der Waals surface area contributed by atoms with Crippen molar-refractivity contribution in [2.45, 2.75) is 12.5 Å². The molecule has 0 saturated carbocycles. The molecule has 0 radical (unpaired) electrons. The fourth-order valence-electron chi connectivity index (χ4n) is 3.47. The predicted molar refractivity (Wildman–Crippen MR) is 104 cm³/mol. The van der Waals surface area contributed by atoms with E-state index >= 15 is 0 Å². The second kappa shape index (κ2) is 7.99. The minimum atomic E-state index is -0.0680. The third kappa shape index (κ3) is 3.65. The summed E-state index contributed by atoms with van der Waals surface area (Å²) in [4.78, 5) is 26.7. The maximum absolute atomic E-state index is 12.2. The minimum Gasteiger partial charge on any atom is -0.337 e. The lowest BCUT2D eigenvalue weighted by Crippen LogP contribution is -2.47. The number of aromatic nitrogens is 4. The van der Waals surface area contributed by atoms with Crippen LogP contribution in [0.2, 0.25) is 0 Å². The number of imidazole rings is 1. The molecule has 138 valence electrons. The van der Waals surface area contributed by atoms with Crippen LogP contribution < -0.4 is 10.9 Å². The van der Waals surface area contributed by atoms with Gasteiger partial charge in [-0.15, -0.1) is 12.4 Å². The van der Waals surface area contributed by atoms with Gasteiger partial charge in [0.25, 0.3) is 5.56 Å². The number of H-pyrrole nitrogens is 1. The zero-order valence-electron chi connectivity index (χ0n) is 14.7. The fraction of sp³-hybridized carbons (Fsp3) is 0.389. The average molecular weight is 375 g/mol. The monoisotopic (exact) mass is 374 g/mol. The van der Waals surface area contributed by atoms with E-state index in [4.69, 9.17) is 0 Å². The Bertz CT molecular complexity index is 937. The van der Waals surface area contributed by atoms with Gasteiger partial charge in [0.2, 0.25) is 0 Å². The van der Waals surface area contributed by atoms with Crippen LogP contribution in [0.4, 0.5) is 0 Å². The van der Waals surface area contributed by atoms with Gasteiger partial charge in [0.05, 0.1) is 16.9 Å². The van der Waals surface area contributed by atoms with E-state index in [-0.39, 0.29) is 24.0 Å². The highest BCUT2D eigenvalue weighted by Crippen LogP contribution is 2.20. The molecule has 2 aromatic heterocycles. The molecule has 3 heterocycles. The molecule has 0 amide bonds. The van der Waals surface area contributed by atoms with Gasteiger partial charge in [0.15, 0.2) is 0 Å². The molecule has 1 atom stereocenters. The van der Waals surface area contributed by atoms with Crippen molar-refractivity contribution in [3.8, 4) is 0 Å². The first-order chi connectivity index (χ1) is 12.2. The molecule has 1 fully saturated rings. The first kappa shape index (κ1) is 18.6. The van der Waals surface area contributed by atoms with E-state index in [0.29, 0.717) is 11.8 Å². The number of piperazine rings is 1. The molecule has 7 nitrogen and oxygen atoms in total. The molecule has 1 aromatic carbocycles. The van der Waals surface area contributed by atoms with Gasteiger partial charge in [0, 0.05) is 52.0 Å². The van der Waals surface area contributed by atoms with Gasteiger partial charge in [-0.25, -0.2) is 9.97 Å². The van der Waals surface area contributed by atoms with E-state index in [9.17, 15) is 4.79 Å². The zero-order valence-corrected chi connectivity index (χ0v) is 15.5. The summed E-state index contributed by atoms with van der Waals surface area (Å²) in [5.41, 5.74) is 0.684. The number of nitrogens with zero attached hydrogens (tertiary/aromatic N) is 4. The van der Waals surface area contributed by atoms with Crippen LogP contribution in [-0.4, -0.2) is 50.6 Å². The normalized spacial score (nSPS) is 18.0. The van der Waals surface area contributed by atoms with Crippen molar-refractivity contribution in [3.05, 3.63) is 58.7 Å². The SMILES string of the molecule is Cl.Cn1ccnc1C1CNCCN1CCc1nc2ccccc2c(=O)[nH]1. The molecular weight excluding hydrogens is 352 g/mol. The van der Waals surface area contributed by atoms with E-state index < -0.39 is 0 Å². The van der Waals surface area contributed by atoms with Crippen LogP contribution in [0.1, 0.15) is 17.7 Å². The summed E-state index contributed by atoms with van der Waals surface area (Å²) in [6.45, 7) is 3.63. The third-order valence-electron chi connectivity index (χ3n) is 4.81. The Labute approximate surface area is 157 Å². The van der Waals surface area contributed by atoms with E-state index in [1.807, 2.05) is 37.6 Å². The van der Waals surface area contributed by atoms with Crippen LogP contribution >= 0.6 is 12.4 Å². The second-order valence-corrected chi connectivity index (χ2v) is 6.43. The molecule has 0 bridgehead atoms. The first-order valence-electron chi connectivity index (χ1n) is 8.62. The van der Waals surface area contributed by atoms with Crippen molar-refractivity contribution in [2.75, 3.05) is 26.2 Å². The molecule has 4 rings (SSSR count). The molecule has 0 aliphatic carbocycles. The minimum absolute atomic E-state index is 0. The van der Waals surface area contributed by atoms with E-state index in [1.165, 1.54) is 0 Å². The Morgan fingerprint density at radius 3 is 2.96 bits per heavy atom. The summed E-state index contributed by atoms with van der Waals surface area (Å²) in [6.07, 6.45) is 4.52. The number of benzene rings is 1. The molecule has 1 aliphatic heterocycles. The van der Waals surface area contributed by atoms with Crippen molar-refractivity contribution >= 4 is 23.3 Å². The summed E-state index contributed by atoms with van der Waals surface area (Å²) >= 11 is 0. The number of hydrogen-bond donors (Lipinski definition) is 2. The number of rotatable bonds is 4. The summed E-state index contributed by atoms with van der Waals surface area (Å²) in [6, 6.07) is 7.69. The van der Waals surface area contributed by atoms with Gasteiger partial charge in [0.1, 0.15) is 11.6 Å². The van der Waals surface area contributed by atoms with Gasteiger partial charge in [-0.3, -0.25) is 9.69 Å². The lowest BCUT2D eigenvalue weighted by Gasteiger charge is -2.35. The van der Waals surface area contributed by atoms with Crippen LogP contribution in [0.15, 0.2) is 41.5 Å². The van der Waals surface area contributed by atoms with Crippen LogP contribution in [0.3, 0.4) is 0 Å². The fourth-order valence-corrected chi connectivity index (χ4v) is 3.47. The van der Waals surface area contributed by atoms with Gasteiger partial charge >= 0.3 is 0 Å². The lowest BCUT2D eigenvalue weighted by atomic mass is 10.1. The molecule has 2 N–H and O–H groups in total. The number of halogens is 1. The Morgan fingerprint density at radius 1 is 1.31 bits per heavy atom. The van der Waals surface area contributed by atoms with Crippen molar-refractivity contribution in [2.24, 2.45) is 7.05 Å². The Kier molecular flexibility index (Phi) is 5.70. The molecule has 1 saturated heterocycles. The van der Waals surface area contributed by atoms with Crippen molar-refractivity contribution in [3.63, 3.8) is 0 Å². The van der Waals surface area contributed by atoms with Gasteiger partial charge in [-0.1, -0.05) is 12.1 Å². The van der Waals surface area contributed by atoms with Gasteiger partial charge in [-0.2, -0.15) is 0 Å². The lowest BCUT2D eigenvalue weighted by molar-refractivity contribution is 0.154. The molecule has 1 unspecified atom stereocenters. The molecular formula is C18H23ClN6O. The van der Waals surface area contributed by atoms with Gasteiger partial charge < -0.3 is 14.9 Å². The van der Waals surface area contributed by atoms with E-state index in [1.54, 1.807) is 6.07 Å². The summed E-state index contributed by atoms with van der Waals surface area (Å²) in [5, 5.41) is 4.08. The second-order valence-electron chi connectivity index (χ2n) is 6.43. The Morgan fingerprint density at radius 2 is 2.15 bits per heavy atom. The van der Waals surface area contributed by atoms with Crippen molar-refractivity contribution < 1.29 is 0 Å². The third-order valence-corrected chi connectivity index (χ3v) is 4.81. The first-order valence-corrected chi connectivity index (χ1v) is 8.62. The van der Waals surface area contributed by atoms with Crippen molar-refractivity contribution in [1.29, 1.82) is 0 Å². The highest BCUT2D eigenvalue weighted by atomic mass is 35.5. The molecule has 8 heteroatoms. The average Bonchev–Trinajstić information content (AvgIpc) is 3.06. The summed E-state index contributed by atoms with van der Waals surface area (Å²) < 4.78 is 2.07. The van der Waals surface area contributed by atoms with Gasteiger partial charge in [-0.05, 0) is 12.1 Å². The van der Waals surface area contributed by atoms with Crippen molar-refractivity contribution in [1.82, 2.24) is 29.7 Å². The van der Waals surface area contributed by atoms with Crippen LogP contribution in [-0.2, 0) is 13.5 Å². The predicted octanol–water partition coefficient (Wildman–Crippen LogP) is 1.27. The van der Waals surface area contributed by atoms with Crippen LogP contribution in [0.25, 0.3) is 10.9 Å². The number of aryl methyl sites for hydroxylation is 1. The summed E-state index contributed by atoms with van der Waals surface area (Å²) in [7, 11) is 2.03. The topological polar surface area (TPSA) is 78.8 Å². The number of hydrogen-bond acceptors (Lipinski definition) is 5. The largest absolute Gasteiger partial charge is 0.337 e. The number of aromatic amines is 1. The molecule has 26 heavy (non-hydrogen) atoms. The molecule has 0 spiro atoms. The standard InChI is InChI=1S/C18H22N6O.ClH/c1-23-10-8-20-17(23)15-12-19-7-11-24(15)9-6-16-21-14-5-3-2-4-13(14)18(25)22-16;/h2-5,8,10,15,19H,6-7,9,11-12H2,1H3,(H,21,22,25);1H. The van der Waals surface area contributed by atoms with E-state index in [2.05, 4.69) is 29.7 Å². The van der Waals surface area contributed by atoms with E-state index in [0.717, 1.165) is 43.3 Å². The van der Waals surface area contributed by atoms with Crippen LogP contribution in [0, 0.1) is 0 Å². The number of fused-ring (bicyclic) bond motifs is 1. The summed E-state index contributed by atoms with van der Waals surface area (Å²) in [5.74, 6) is 1.80. The maximum atomic E-state index is 12.2. The highest BCUT2D eigenvalue weighted by molar-refractivity contribution is 5.85.